The van der Waals surface area contributed by atoms with Crippen LogP contribution in [0.25, 0.3) is 0 Å². The highest BCUT2D eigenvalue weighted by atomic mass is 16.5. The maximum Gasteiger partial charge on any atom is 0.306 e. The van der Waals surface area contributed by atoms with Crippen LogP contribution in [0.15, 0.2) is 60.8 Å². The molecule has 0 rings (SSSR count). The Morgan fingerprint density at radius 3 is 1.94 bits per heavy atom. The number of carbonyl (C=O) groups excluding carboxylic acids is 1. The number of allylic oxidation sites excluding steroid dienone is 9. The normalized spacial score (nSPS) is 13.3. The van der Waals surface area contributed by atoms with Crippen molar-refractivity contribution in [2.75, 3.05) is 0 Å². The van der Waals surface area contributed by atoms with Gasteiger partial charge in [-0.2, -0.15) is 0 Å². The summed E-state index contributed by atoms with van der Waals surface area (Å²) in [6.45, 7) is 4.26. The van der Waals surface area contributed by atoms with Gasteiger partial charge in [0.25, 0.3) is 0 Å². The van der Waals surface area contributed by atoms with Crippen molar-refractivity contribution in [3.8, 4) is 0 Å². The summed E-state index contributed by atoms with van der Waals surface area (Å²) in [5.41, 5.74) is 0. The van der Waals surface area contributed by atoms with E-state index < -0.39 is 5.97 Å². The molecule has 0 aromatic rings. The van der Waals surface area contributed by atoms with Crippen molar-refractivity contribution in [2.24, 2.45) is 0 Å². The Hall–Kier alpha value is -2.36. The van der Waals surface area contributed by atoms with Gasteiger partial charge in [0, 0.05) is 12.8 Å². The molecular formula is C29H46O4. The second-order valence-corrected chi connectivity index (χ2v) is 8.13. The van der Waals surface area contributed by atoms with Crippen molar-refractivity contribution in [2.45, 2.75) is 110 Å². The molecule has 186 valence electrons. The first-order chi connectivity index (χ1) is 16.1. The van der Waals surface area contributed by atoms with Gasteiger partial charge in [0.2, 0.25) is 0 Å². The fraction of sp³-hybridized carbons (Fsp3) is 0.586. The van der Waals surface area contributed by atoms with Crippen molar-refractivity contribution in [3.05, 3.63) is 60.8 Å². The van der Waals surface area contributed by atoms with Crippen molar-refractivity contribution in [3.63, 3.8) is 0 Å². The van der Waals surface area contributed by atoms with E-state index in [4.69, 9.17) is 9.84 Å². The molecule has 0 aromatic heterocycles. The van der Waals surface area contributed by atoms with Gasteiger partial charge >= 0.3 is 11.9 Å². The number of unbranched alkanes of at least 4 members (excludes halogenated alkanes) is 4. The van der Waals surface area contributed by atoms with Crippen LogP contribution in [-0.2, 0) is 14.3 Å². The molecular weight excluding hydrogens is 412 g/mol. The second-order valence-electron chi connectivity index (χ2n) is 8.13. The van der Waals surface area contributed by atoms with E-state index >= 15 is 0 Å². The molecule has 1 unspecified atom stereocenters. The summed E-state index contributed by atoms with van der Waals surface area (Å²) in [6.07, 6.45) is 32.7. The predicted octanol–water partition coefficient (Wildman–Crippen LogP) is 8.27. The van der Waals surface area contributed by atoms with Crippen molar-refractivity contribution in [1.82, 2.24) is 0 Å². The third-order valence-corrected chi connectivity index (χ3v) is 4.95. The van der Waals surface area contributed by atoms with E-state index in [0.717, 1.165) is 64.2 Å². The summed E-state index contributed by atoms with van der Waals surface area (Å²) < 4.78 is 5.67. The van der Waals surface area contributed by atoms with E-state index in [9.17, 15) is 9.59 Å². The van der Waals surface area contributed by atoms with Crippen LogP contribution < -0.4 is 0 Å². The molecule has 0 aliphatic heterocycles. The zero-order valence-electron chi connectivity index (χ0n) is 20.9. The number of esters is 1. The van der Waals surface area contributed by atoms with Gasteiger partial charge in [-0.25, -0.2) is 0 Å². The van der Waals surface area contributed by atoms with Crippen LogP contribution in [0.2, 0.25) is 0 Å². The number of rotatable bonds is 21. The maximum atomic E-state index is 12.2. The van der Waals surface area contributed by atoms with E-state index in [2.05, 4.69) is 62.5 Å². The number of hydrogen-bond donors (Lipinski definition) is 1. The fourth-order valence-corrected chi connectivity index (χ4v) is 3.11. The summed E-state index contributed by atoms with van der Waals surface area (Å²) in [4.78, 5) is 22.8. The predicted molar refractivity (Wildman–Crippen MR) is 139 cm³/mol. The Morgan fingerprint density at radius 2 is 1.33 bits per heavy atom. The minimum Gasteiger partial charge on any atom is -0.481 e. The van der Waals surface area contributed by atoms with Gasteiger partial charge < -0.3 is 9.84 Å². The maximum absolute atomic E-state index is 12.2. The Labute approximate surface area is 202 Å². The van der Waals surface area contributed by atoms with E-state index in [-0.39, 0.29) is 18.5 Å². The van der Waals surface area contributed by atoms with Gasteiger partial charge in [-0.05, 0) is 63.9 Å². The van der Waals surface area contributed by atoms with Gasteiger partial charge in [-0.15, -0.1) is 0 Å². The third kappa shape index (κ3) is 24.1. The molecule has 0 aliphatic carbocycles. The lowest BCUT2D eigenvalue weighted by atomic mass is 10.1. The lowest BCUT2D eigenvalue weighted by molar-refractivity contribution is -0.147. The number of aliphatic carboxylic acids is 1. The van der Waals surface area contributed by atoms with Crippen LogP contribution in [0.1, 0.15) is 104 Å². The average Bonchev–Trinajstić information content (AvgIpc) is 2.79. The van der Waals surface area contributed by atoms with E-state index in [1.54, 1.807) is 0 Å². The van der Waals surface area contributed by atoms with Crippen molar-refractivity contribution < 1.29 is 19.4 Å². The molecule has 0 radical (unpaired) electrons. The summed E-state index contributed by atoms with van der Waals surface area (Å²) in [5, 5.41) is 8.69. The van der Waals surface area contributed by atoms with Gasteiger partial charge in [0.05, 0.1) is 0 Å². The molecule has 1 atom stereocenters. The summed E-state index contributed by atoms with van der Waals surface area (Å²) in [6, 6.07) is 0. The van der Waals surface area contributed by atoms with Gasteiger partial charge in [-0.3, -0.25) is 9.59 Å². The Kier molecular flexibility index (Phi) is 22.5. The fourth-order valence-electron chi connectivity index (χ4n) is 3.11. The van der Waals surface area contributed by atoms with Crippen molar-refractivity contribution in [1.29, 1.82) is 0 Å². The molecule has 1 N–H and O–H groups in total. The molecule has 0 amide bonds. The molecule has 33 heavy (non-hydrogen) atoms. The van der Waals surface area contributed by atoms with Gasteiger partial charge in [-0.1, -0.05) is 87.8 Å². The molecule has 0 spiro atoms. The highest BCUT2D eigenvalue weighted by molar-refractivity contribution is 5.69. The molecule has 0 bridgehead atoms. The first kappa shape index (κ1) is 30.6. The number of ether oxygens (including phenoxy) is 1. The van der Waals surface area contributed by atoms with Gasteiger partial charge in [0.15, 0.2) is 0 Å². The monoisotopic (exact) mass is 458 g/mol. The van der Waals surface area contributed by atoms with E-state index in [1.807, 2.05) is 12.2 Å². The molecule has 0 aromatic carbocycles. The van der Waals surface area contributed by atoms with E-state index in [1.165, 1.54) is 0 Å². The zero-order chi connectivity index (χ0) is 24.4. The third-order valence-electron chi connectivity index (χ3n) is 4.95. The molecule has 0 saturated heterocycles. The van der Waals surface area contributed by atoms with Crippen LogP contribution in [0.4, 0.5) is 0 Å². The van der Waals surface area contributed by atoms with Crippen LogP contribution in [0.3, 0.4) is 0 Å². The number of hydrogen-bond acceptors (Lipinski definition) is 3. The first-order valence-corrected chi connectivity index (χ1v) is 12.8. The lowest BCUT2D eigenvalue weighted by Gasteiger charge is -2.14. The molecule has 0 fully saturated rings. The second kappa shape index (κ2) is 24.3. The average molecular weight is 459 g/mol. The van der Waals surface area contributed by atoms with Crippen LogP contribution in [0.5, 0.6) is 0 Å². The number of carboxylic acid groups (broad SMARTS) is 1. The lowest BCUT2D eigenvalue weighted by Crippen LogP contribution is -2.16. The SMILES string of the molecule is CC/C=C\C/C=C\C/C=C\C/C=C\CCC(=O)OC(/C=C\CCC)CCCCCCC(=O)O. The molecule has 4 heteroatoms. The van der Waals surface area contributed by atoms with Gasteiger partial charge in [0.1, 0.15) is 6.10 Å². The first-order valence-electron chi connectivity index (χ1n) is 12.8. The Morgan fingerprint density at radius 1 is 0.727 bits per heavy atom. The Balaban J connectivity index is 4.07. The minimum atomic E-state index is -0.738. The number of carboxylic acids is 1. The van der Waals surface area contributed by atoms with Crippen molar-refractivity contribution >= 4 is 11.9 Å². The van der Waals surface area contributed by atoms with E-state index in [0.29, 0.717) is 19.3 Å². The summed E-state index contributed by atoms with van der Waals surface area (Å²) in [7, 11) is 0. The standard InChI is InChI=1S/C29H46O4/c1-3-5-7-8-9-10-11-12-13-14-15-16-22-26-29(32)33-27(23-19-6-4-2)24-20-17-18-21-25-28(30)31/h5,7,9-10,12-13,15-16,19,23,27H,3-4,6,8,11,14,17-18,20-22,24-26H2,1-2H3,(H,30,31)/b7-5-,10-9-,13-12-,16-15-,23-19-. The largest absolute Gasteiger partial charge is 0.481 e. The highest BCUT2D eigenvalue weighted by Crippen LogP contribution is 2.13. The molecule has 0 saturated carbocycles. The highest BCUT2D eigenvalue weighted by Gasteiger charge is 2.11. The summed E-state index contributed by atoms with van der Waals surface area (Å²) in [5.74, 6) is -0.896. The topological polar surface area (TPSA) is 63.6 Å². The van der Waals surface area contributed by atoms with Crippen LogP contribution >= 0.6 is 0 Å². The smallest absolute Gasteiger partial charge is 0.306 e. The summed E-state index contributed by atoms with van der Waals surface area (Å²) >= 11 is 0. The molecule has 4 nitrogen and oxygen atoms in total. The quantitative estimate of drug-likeness (QED) is 0.107. The minimum absolute atomic E-state index is 0.158. The molecule has 0 aliphatic rings. The Bertz CT molecular complexity index is 626. The van der Waals surface area contributed by atoms with Crippen LogP contribution in [0, 0.1) is 0 Å². The molecule has 0 heterocycles. The number of carbonyl (C=O) groups is 2. The van der Waals surface area contributed by atoms with Crippen LogP contribution in [-0.4, -0.2) is 23.1 Å². The zero-order valence-corrected chi connectivity index (χ0v) is 20.9.